The number of anilines is 3. The number of para-hydroxylation sites is 1. The molecule has 0 aliphatic carbocycles. The minimum atomic E-state index is -0.212. The number of hydrogen-bond donors (Lipinski definition) is 2. The van der Waals surface area contributed by atoms with Gasteiger partial charge in [-0.2, -0.15) is 4.52 Å². The zero-order valence-electron chi connectivity index (χ0n) is 17.4. The lowest BCUT2D eigenvalue weighted by Gasteiger charge is -2.10. The highest BCUT2D eigenvalue weighted by molar-refractivity contribution is 7.20. The maximum absolute atomic E-state index is 12.8. The van der Waals surface area contributed by atoms with Gasteiger partial charge in [0.1, 0.15) is 0 Å². The van der Waals surface area contributed by atoms with Gasteiger partial charge in [-0.1, -0.05) is 41.7 Å². The molecule has 158 valence electrons. The molecule has 3 aromatic carbocycles. The molecule has 0 saturated heterocycles. The molecule has 0 aliphatic rings. The lowest BCUT2D eigenvalue weighted by Crippen LogP contribution is -2.15. The van der Waals surface area contributed by atoms with Gasteiger partial charge < -0.3 is 10.6 Å². The summed E-state index contributed by atoms with van der Waals surface area (Å²) in [7, 11) is 0. The normalized spacial score (nSPS) is 11.1. The summed E-state index contributed by atoms with van der Waals surface area (Å²) >= 11 is 1.27. The molecule has 32 heavy (non-hydrogen) atoms. The van der Waals surface area contributed by atoms with Crippen LogP contribution in [0.4, 0.5) is 16.5 Å². The van der Waals surface area contributed by atoms with Gasteiger partial charge in [0.15, 0.2) is 0 Å². The van der Waals surface area contributed by atoms with Gasteiger partial charge in [-0.15, -0.1) is 5.10 Å². The minimum absolute atomic E-state index is 0.198. The topological polar surface area (TPSA) is 88.4 Å². The van der Waals surface area contributed by atoms with E-state index in [1.807, 2.05) is 50.2 Å². The molecule has 2 N–H and O–H groups in total. The molecular weight excluding hydrogens is 422 g/mol. The second-order valence-electron chi connectivity index (χ2n) is 7.51. The number of fused-ring (bicyclic) bond motifs is 2. The van der Waals surface area contributed by atoms with Crippen molar-refractivity contribution in [3.8, 4) is 0 Å². The van der Waals surface area contributed by atoms with Crippen molar-refractivity contribution >= 4 is 49.6 Å². The van der Waals surface area contributed by atoms with Gasteiger partial charge in [-0.25, -0.2) is 4.98 Å². The van der Waals surface area contributed by atoms with Crippen LogP contribution in [-0.4, -0.2) is 20.5 Å². The molecule has 0 saturated carbocycles. The SMILES string of the molecule is Cc1ccc(C)c(NC(=O)c2cccc(Nc3nn4c(=O)c5ccccc5nc4s3)c2)c1. The number of benzene rings is 3. The lowest BCUT2D eigenvalue weighted by molar-refractivity contribution is 0.102. The number of nitrogens with one attached hydrogen (secondary N) is 2. The summed E-state index contributed by atoms with van der Waals surface area (Å²) in [4.78, 5) is 30.5. The number of carbonyl (C=O) groups excluding carboxylic acids is 1. The van der Waals surface area contributed by atoms with Crippen LogP contribution in [0, 0.1) is 13.8 Å². The Labute approximate surface area is 187 Å². The number of rotatable bonds is 4. The molecule has 0 unspecified atom stereocenters. The maximum Gasteiger partial charge on any atom is 0.283 e. The Hall–Kier alpha value is -4.04. The Morgan fingerprint density at radius 3 is 2.72 bits per heavy atom. The second kappa shape index (κ2) is 7.90. The highest BCUT2D eigenvalue weighted by atomic mass is 32.1. The van der Waals surface area contributed by atoms with Crippen molar-refractivity contribution in [3.05, 3.63) is 93.8 Å². The fourth-order valence-corrected chi connectivity index (χ4v) is 4.25. The van der Waals surface area contributed by atoms with Crippen molar-refractivity contribution in [2.75, 3.05) is 10.6 Å². The van der Waals surface area contributed by atoms with E-state index in [1.54, 1.807) is 30.3 Å². The van der Waals surface area contributed by atoms with E-state index in [2.05, 4.69) is 20.7 Å². The Balaban J connectivity index is 1.42. The number of carbonyl (C=O) groups is 1. The lowest BCUT2D eigenvalue weighted by atomic mass is 10.1. The summed E-state index contributed by atoms with van der Waals surface area (Å²) in [5.74, 6) is -0.198. The highest BCUT2D eigenvalue weighted by Crippen LogP contribution is 2.24. The van der Waals surface area contributed by atoms with Crippen molar-refractivity contribution in [1.82, 2.24) is 14.6 Å². The van der Waals surface area contributed by atoms with Crippen LogP contribution in [0.2, 0.25) is 0 Å². The van der Waals surface area contributed by atoms with E-state index in [0.29, 0.717) is 32.2 Å². The number of amides is 1. The molecule has 2 heterocycles. The van der Waals surface area contributed by atoms with Crippen LogP contribution in [0.1, 0.15) is 21.5 Å². The molecule has 5 aromatic rings. The van der Waals surface area contributed by atoms with Gasteiger partial charge in [0.05, 0.1) is 10.9 Å². The standard InChI is InChI=1S/C24H19N5O2S/c1-14-10-11-15(2)20(12-14)26-21(30)16-6-5-7-17(13-16)25-23-28-29-22(31)18-8-3-4-9-19(18)27-24(29)32-23/h3-13H,1-2H3,(H,25,28)(H,26,30). The zero-order valence-corrected chi connectivity index (χ0v) is 18.2. The molecule has 0 aliphatic heterocycles. The van der Waals surface area contributed by atoms with Crippen molar-refractivity contribution in [2.24, 2.45) is 0 Å². The van der Waals surface area contributed by atoms with Gasteiger partial charge in [0, 0.05) is 16.9 Å². The number of aryl methyl sites for hydroxylation is 2. The van der Waals surface area contributed by atoms with Crippen LogP contribution in [-0.2, 0) is 0 Å². The van der Waals surface area contributed by atoms with Crippen molar-refractivity contribution in [3.63, 3.8) is 0 Å². The van der Waals surface area contributed by atoms with E-state index >= 15 is 0 Å². The third-order valence-corrected chi connectivity index (χ3v) is 5.94. The molecule has 8 heteroatoms. The predicted molar refractivity (Wildman–Crippen MR) is 128 cm³/mol. The fourth-order valence-electron chi connectivity index (χ4n) is 3.43. The van der Waals surface area contributed by atoms with Crippen LogP contribution < -0.4 is 16.2 Å². The first-order chi connectivity index (χ1) is 15.5. The van der Waals surface area contributed by atoms with Gasteiger partial charge in [-0.3, -0.25) is 9.59 Å². The first-order valence-electron chi connectivity index (χ1n) is 10.0. The first kappa shape index (κ1) is 19.9. The summed E-state index contributed by atoms with van der Waals surface area (Å²) in [6.45, 7) is 3.94. The van der Waals surface area contributed by atoms with Crippen LogP contribution in [0.5, 0.6) is 0 Å². The van der Waals surface area contributed by atoms with Crippen molar-refractivity contribution in [1.29, 1.82) is 0 Å². The Morgan fingerprint density at radius 1 is 1.00 bits per heavy atom. The summed E-state index contributed by atoms with van der Waals surface area (Å²) < 4.78 is 1.30. The van der Waals surface area contributed by atoms with E-state index in [1.165, 1.54) is 15.9 Å². The van der Waals surface area contributed by atoms with Crippen LogP contribution >= 0.6 is 11.3 Å². The maximum atomic E-state index is 12.8. The third-order valence-electron chi connectivity index (χ3n) is 5.12. The Morgan fingerprint density at radius 2 is 1.84 bits per heavy atom. The number of nitrogens with zero attached hydrogens (tertiary/aromatic N) is 3. The average molecular weight is 442 g/mol. The van der Waals surface area contributed by atoms with Crippen LogP contribution in [0.3, 0.4) is 0 Å². The minimum Gasteiger partial charge on any atom is -0.330 e. The molecular formula is C24H19N5O2S. The van der Waals surface area contributed by atoms with Gasteiger partial charge >= 0.3 is 0 Å². The molecule has 7 nitrogen and oxygen atoms in total. The van der Waals surface area contributed by atoms with E-state index in [-0.39, 0.29) is 11.5 Å². The highest BCUT2D eigenvalue weighted by Gasteiger charge is 2.12. The van der Waals surface area contributed by atoms with Gasteiger partial charge in [0.2, 0.25) is 10.1 Å². The monoisotopic (exact) mass is 441 g/mol. The van der Waals surface area contributed by atoms with Gasteiger partial charge in [0.25, 0.3) is 11.5 Å². The molecule has 5 rings (SSSR count). The molecule has 0 atom stereocenters. The fraction of sp³-hybridized carbons (Fsp3) is 0.0833. The largest absolute Gasteiger partial charge is 0.330 e. The number of aromatic nitrogens is 3. The van der Waals surface area contributed by atoms with E-state index in [9.17, 15) is 9.59 Å². The second-order valence-corrected chi connectivity index (χ2v) is 8.47. The van der Waals surface area contributed by atoms with E-state index < -0.39 is 0 Å². The van der Waals surface area contributed by atoms with Gasteiger partial charge in [-0.05, 0) is 61.4 Å². The molecule has 0 bridgehead atoms. The average Bonchev–Trinajstić information content (AvgIpc) is 3.19. The quantitative estimate of drug-likeness (QED) is 0.413. The molecule has 1 amide bonds. The van der Waals surface area contributed by atoms with E-state index in [4.69, 9.17) is 0 Å². The van der Waals surface area contributed by atoms with Crippen LogP contribution in [0.15, 0.2) is 71.5 Å². The van der Waals surface area contributed by atoms with Crippen LogP contribution in [0.25, 0.3) is 15.9 Å². The molecule has 0 radical (unpaired) electrons. The molecule has 0 fully saturated rings. The first-order valence-corrected chi connectivity index (χ1v) is 10.8. The Kier molecular flexibility index (Phi) is 4.91. The third kappa shape index (κ3) is 3.72. The summed E-state index contributed by atoms with van der Waals surface area (Å²) in [5.41, 5.74) is 4.49. The summed E-state index contributed by atoms with van der Waals surface area (Å²) in [6, 6.07) is 20.3. The zero-order chi connectivity index (χ0) is 22.2. The van der Waals surface area contributed by atoms with Crippen molar-refractivity contribution < 1.29 is 4.79 Å². The van der Waals surface area contributed by atoms with E-state index in [0.717, 1.165) is 16.8 Å². The predicted octanol–water partition coefficient (Wildman–Crippen LogP) is 4.92. The summed E-state index contributed by atoms with van der Waals surface area (Å²) in [6.07, 6.45) is 0. The smallest absolute Gasteiger partial charge is 0.283 e. The Bertz CT molecular complexity index is 1550. The summed E-state index contributed by atoms with van der Waals surface area (Å²) in [5, 5.41) is 11.6. The molecule has 0 spiro atoms. The molecule has 2 aromatic heterocycles. The van der Waals surface area contributed by atoms with Crippen molar-refractivity contribution in [2.45, 2.75) is 13.8 Å². The number of hydrogen-bond acceptors (Lipinski definition) is 6.